The SMILES string of the molecule is CCN(C)C(=O)Cn1c(SC(F)F)nc2ccccc21. The average molecular weight is 299 g/mol. The van der Waals surface area contributed by atoms with E-state index in [0.717, 1.165) is 0 Å². The van der Waals surface area contributed by atoms with E-state index in [9.17, 15) is 13.6 Å². The predicted octanol–water partition coefficient (Wildman–Crippen LogP) is 2.83. The van der Waals surface area contributed by atoms with Crippen molar-refractivity contribution in [3.63, 3.8) is 0 Å². The molecule has 0 unspecified atom stereocenters. The molecule has 1 heterocycles. The normalized spacial score (nSPS) is 11.2. The third-order valence-electron chi connectivity index (χ3n) is 3.01. The van der Waals surface area contributed by atoms with Crippen molar-refractivity contribution in [2.75, 3.05) is 13.6 Å². The molecule has 0 saturated heterocycles. The number of alkyl halides is 2. The maximum Gasteiger partial charge on any atom is 0.291 e. The fourth-order valence-electron chi connectivity index (χ4n) is 1.81. The van der Waals surface area contributed by atoms with Crippen LogP contribution in [0.1, 0.15) is 6.92 Å². The van der Waals surface area contributed by atoms with Gasteiger partial charge in [0.25, 0.3) is 5.76 Å². The standard InChI is InChI=1S/C13H15F2N3OS/c1-3-17(2)11(19)8-18-10-7-5-4-6-9(10)16-13(18)20-12(14)15/h4-7,12H,3,8H2,1-2H3. The third-order valence-corrected chi connectivity index (χ3v) is 3.71. The Hall–Kier alpha value is -1.63. The minimum Gasteiger partial charge on any atom is -0.344 e. The van der Waals surface area contributed by atoms with E-state index in [-0.39, 0.29) is 17.6 Å². The Kier molecular flexibility index (Phi) is 4.59. The molecule has 0 saturated carbocycles. The van der Waals surface area contributed by atoms with Gasteiger partial charge in [0.15, 0.2) is 5.16 Å². The Morgan fingerprint density at radius 2 is 2.15 bits per heavy atom. The van der Waals surface area contributed by atoms with Gasteiger partial charge in [-0.05, 0) is 30.8 Å². The number of imidazole rings is 1. The van der Waals surface area contributed by atoms with Crippen LogP contribution in [0.15, 0.2) is 29.4 Å². The summed E-state index contributed by atoms with van der Waals surface area (Å²) in [6.07, 6.45) is 0. The van der Waals surface area contributed by atoms with Crippen LogP contribution in [0.25, 0.3) is 11.0 Å². The van der Waals surface area contributed by atoms with E-state index in [4.69, 9.17) is 0 Å². The molecular formula is C13H15F2N3OS. The molecule has 0 bridgehead atoms. The van der Waals surface area contributed by atoms with E-state index in [1.165, 1.54) is 0 Å². The highest BCUT2D eigenvalue weighted by Gasteiger charge is 2.18. The largest absolute Gasteiger partial charge is 0.344 e. The molecule has 1 aromatic carbocycles. The highest BCUT2D eigenvalue weighted by atomic mass is 32.2. The second-order valence-corrected chi connectivity index (χ2v) is 5.21. The lowest BCUT2D eigenvalue weighted by atomic mass is 10.3. The van der Waals surface area contributed by atoms with Crippen LogP contribution in [0.2, 0.25) is 0 Å². The van der Waals surface area contributed by atoms with Gasteiger partial charge in [-0.15, -0.1) is 0 Å². The molecule has 0 spiro atoms. The van der Waals surface area contributed by atoms with Crippen molar-refractivity contribution in [2.45, 2.75) is 24.4 Å². The molecule has 7 heteroatoms. The van der Waals surface area contributed by atoms with Crippen molar-refractivity contribution in [1.29, 1.82) is 0 Å². The molecule has 108 valence electrons. The van der Waals surface area contributed by atoms with E-state index < -0.39 is 5.76 Å². The van der Waals surface area contributed by atoms with E-state index in [1.54, 1.807) is 40.8 Å². The molecule has 0 aliphatic rings. The first-order valence-corrected chi connectivity index (χ1v) is 7.05. The summed E-state index contributed by atoms with van der Waals surface area (Å²) >= 11 is 0.360. The van der Waals surface area contributed by atoms with Crippen LogP contribution in [0, 0.1) is 0 Å². The van der Waals surface area contributed by atoms with Crippen molar-refractivity contribution < 1.29 is 13.6 Å². The molecule has 1 amide bonds. The fraction of sp³-hybridized carbons (Fsp3) is 0.385. The summed E-state index contributed by atoms with van der Waals surface area (Å²) in [4.78, 5) is 17.7. The number of amides is 1. The van der Waals surface area contributed by atoms with Crippen LogP contribution in [0.3, 0.4) is 0 Å². The Bertz CT molecular complexity index is 615. The molecule has 20 heavy (non-hydrogen) atoms. The Balaban J connectivity index is 2.40. The van der Waals surface area contributed by atoms with Crippen LogP contribution in [-0.4, -0.2) is 39.7 Å². The van der Waals surface area contributed by atoms with E-state index >= 15 is 0 Å². The van der Waals surface area contributed by atoms with Crippen molar-refractivity contribution in [2.24, 2.45) is 0 Å². The Labute approximate surface area is 119 Å². The molecule has 0 radical (unpaired) electrons. The lowest BCUT2D eigenvalue weighted by molar-refractivity contribution is -0.130. The number of nitrogens with zero attached hydrogens (tertiary/aromatic N) is 3. The monoisotopic (exact) mass is 299 g/mol. The highest BCUT2D eigenvalue weighted by molar-refractivity contribution is 7.99. The number of thioether (sulfide) groups is 1. The number of carbonyl (C=O) groups is 1. The number of hydrogen-bond donors (Lipinski definition) is 0. The van der Waals surface area contributed by atoms with Crippen molar-refractivity contribution in [3.8, 4) is 0 Å². The first kappa shape index (κ1) is 14.8. The van der Waals surface area contributed by atoms with Gasteiger partial charge in [0.1, 0.15) is 6.54 Å². The van der Waals surface area contributed by atoms with E-state index in [1.807, 2.05) is 6.92 Å². The average Bonchev–Trinajstić information content (AvgIpc) is 2.75. The van der Waals surface area contributed by atoms with Crippen molar-refractivity contribution in [1.82, 2.24) is 14.5 Å². The highest BCUT2D eigenvalue weighted by Crippen LogP contribution is 2.28. The van der Waals surface area contributed by atoms with Crippen LogP contribution < -0.4 is 0 Å². The lowest BCUT2D eigenvalue weighted by Crippen LogP contribution is -2.30. The predicted molar refractivity (Wildman–Crippen MR) is 74.9 cm³/mol. The quantitative estimate of drug-likeness (QED) is 0.797. The number of fused-ring (bicyclic) bond motifs is 1. The maximum atomic E-state index is 12.6. The summed E-state index contributed by atoms with van der Waals surface area (Å²) in [6.45, 7) is 2.45. The van der Waals surface area contributed by atoms with Crippen LogP contribution in [0.4, 0.5) is 8.78 Å². The second kappa shape index (κ2) is 6.21. The molecule has 2 rings (SSSR count). The zero-order valence-electron chi connectivity index (χ0n) is 11.2. The molecule has 0 fully saturated rings. The Morgan fingerprint density at radius 3 is 2.80 bits per heavy atom. The maximum absolute atomic E-state index is 12.6. The number of para-hydroxylation sites is 2. The lowest BCUT2D eigenvalue weighted by Gasteiger charge is -2.16. The van der Waals surface area contributed by atoms with Gasteiger partial charge < -0.3 is 9.47 Å². The summed E-state index contributed by atoms with van der Waals surface area (Å²) in [5, 5.41) is 0.166. The van der Waals surface area contributed by atoms with E-state index in [0.29, 0.717) is 29.3 Å². The second-order valence-electron chi connectivity index (χ2n) is 4.26. The summed E-state index contributed by atoms with van der Waals surface area (Å²) < 4.78 is 26.8. The zero-order chi connectivity index (χ0) is 14.7. The zero-order valence-corrected chi connectivity index (χ0v) is 12.0. The van der Waals surface area contributed by atoms with Crippen molar-refractivity contribution in [3.05, 3.63) is 24.3 Å². The Morgan fingerprint density at radius 1 is 1.45 bits per heavy atom. The number of hydrogen-bond acceptors (Lipinski definition) is 3. The van der Waals surface area contributed by atoms with Gasteiger partial charge in [-0.3, -0.25) is 4.79 Å². The van der Waals surface area contributed by atoms with E-state index in [2.05, 4.69) is 4.98 Å². The molecule has 1 aromatic heterocycles. The first-order valence-electron chi connectivity index (χ1n) is 6.17. The van der Waals surface area contributed by atoms with Crippen LogP contribution in [-0.2, 0) is 11.3 Å². The van der Waals surface area contributed by atoms with Gasteiger partial charge >= 0.3 is 0 Å². The molecule has 2 aromatic rings. The first-order chi connectivity index (χ1) is 9.52. The smallest absolute Gasteiger partial charge is 0.291 e. The van der Waals surface area contributed by atoms with Gasteiger partial charge in [0, 0.05) is 13.6 Å². The molecule has 0 aliphatic heterocycles. The van der Waals surface area contributed by atoms with Crippen LogP contribution >= 0.6 is 11.8 Å². The minimum absolute atomic E-state index is 0.0138. The molecule has 4 nitrogen and oxygen atoms in total. The summed E-state index contributed by atoms with van der Waals surface area (Å²) in [7, 11) is 1.68. The molecular weight excluding hydrogens is 284 g/mol. The molecule has 0 N–H and O–H groups in total. The topological polar surface area (TPSA) is 38.1 Å². The number of carbonyl (C=O) groups excluding carboxylic acids is 1. The summed E-state index contributed by atoms with van der Waals surface area (Å²) in [5.41, 5.74) is 1.30. The van der Waals surface area contributed by atoms with Crippen molar-refractivity contribution >= 4 is 28.7 Å². The third kappa shape index (κ3) is 3.09. The van der Waals surface area contributed by atoms with Gasteiger partial charge in [-0.2, -0.15) is 8.78 Å². The summed E-state index contributed by atoms with van der Waals surface area (Å²) in [5.74, 6) is -2.70. The number of likely N-dealkylation sites (N-methyl/N-ethyl adjacent to an activating group) is 1. The number of halogens is 2. The fourth-order valence-corrected chi connectivity index (χ4v) is 2.41. The number of aromatic nitrogens is 2. The minimum atomic E-state index is -2.57. The summed E-state index contributed by atoms with van der Waals surface area (Å²) in [6, 6.07) is 7.11. The van der Waals surface area contributed by atoms with Gasteiger partial charge in [-0.25, -0.2) is 4.98 Å². The number of benzene rings is 1. The molecule has 0 aliphatic carbocycles. The van der Waals surface area contributed by atoms with Gasteiger partial charge in [0.2, 0.25) is 5.91 Å². The van der Waals surface area contributed by atoms with Gasteiger partial charge in [-0.1, -0.05) is 12.1 Å². The molecule has 0 atom stereocenters. The van der Waals surface area contributed by atoms with Crippen LogP contribution in [0.5, 0.6) is 0 Å². The number of rotatable bonds is 5. The van der Waals surface area contributed by atoms with Gasteiger partial charge in [0.05, 0.1) is 11.0 Å².